The van der Waals surface area contributed by atoms with Crippen molar-refractivity contribution in [2.75, 3.05) is 5.32 Å². The molecule has 2 aromatic carbocycles. The lowest BCUT2D eigenvalue weighted by Gasteiger charge is -2.08. The van der Waals surface area contributed by atoms with Gasteiger partial charge >= 0.3 is 0 Å². The third-order valence-corrected chi connectivity index (χ3v) is 4.21. The maximum Gasteiger partial charge on any atom is 0.251 e. The molecule has 2 N–H and O–H groups in total. The molecule has 0 aliphatic heterocycles. The molecule has 4 nitrogen and oxygen atoms in total. The van der Waals surface area contributed by atoms with E-state index in [9.17, 15) is 9.59 Å². The van der Waals surface area contributed by atoms with Gasteiger partial charge in [0.05, 0.1) is 17.1 Å². The summed E-state index contributed by atoms with van der Waals surface area (Å²) >= 11 is 11.9. The van der Waals surface area contributed by atoms with Gasteiger partial charge in [0.25, 0.3) is 5.56 Å². The van der Waals surface area contributed by atoms with Crippen LogP contribution in [-0.2, 0) is 11.2 Å². The van der Waals surface area contributed by atoms with Crippen LogP contribution in [0.15, 0.2) is 47.3 Å². The summed E-state index contributed by atoms with van der Waals surface area (Å²) in [6.07, 6.45) is 0.201. The Kier molecular flexibility index (Phi) is 4.60. The van der Waals surface area contributed by atoms with Gasteiger partial charge in [0.15, 0.2) is 0 Å². The summed E-state index contributed by atoms with van der Waals surface area (Å²) in [4.78, 5) is 26.6. The van der Waals surface area contributed by atoms with Crippen LogP contribution in [0.4, 0.5) is 5.69 Å². The number of nitrogens with one attached hydrogen (secondary N) is 2. The predicted octanol–water partition coefficient (Wildman–Crippen LogP) is 4.32. The van der Waals surface area contributed by atoms with Crippen molar-refractivity contribution in [2.45, 2.75) is 13.3 Å². The SMILES string of the molecule is Cc1cc2cc(CC(=O)Nc3ccc(Cl)cc3Cl)ccc2[nH]c1=O. The van der Waals surface area contributed by atoms with Crippen molar-refractivity contribution in [3.05, 3.63) is 74.0 Å². The number of H-pyrrole nitrogens is 1. The molecule has 0 unspecified atom stereocenters. The van der Waals surface area contributed by atoms with Gasteiger partial charge in [-0.3, -0.25) is 9.59 Å². The van der Waals surface area contributed by atoms with Crippen LogP contribution in [0.2, 0.25) is 10.0 Å². The second-order valence-corrected chi connectivity index (χ2v) is 6.40. The molecule has 0 saturated carbocycles. The predicted molar refractivity (Wildman–Crippen MR) is 98.1 cm³/mol. The number of benzene rings is 2. The molecule has 3 aromatic rings. The van der Waals surface area contributed by atoms with Gasteiger partial charge in [0.1, 0.15) is 0 Å². The minimum absolute atomic E-state index is 0.106. The molecular formula is C18H14Cl2N2O2. The number of rotatable bonds is 3. The fourth-order valence-corrected chi connectivity index (χ4v) is 2.90. The molecule has 0 bridgehead atoms. The Balaban J connectivity index is 1.80. The van der Waals surface area contributed by atoms with Crippen molar-refractivity contribution in [3.63, 3.8) is 0 Å². The number of aromatic amines is 1. The van der Waals surface area contributed by atoms with E-state index in [4.69, 9.17) is 23.2 Å². The third-order valence-electron chi connectivity index (χ3n) is 3.66. The molecule has 6 heteroatoms. The largest absolute Gasteiger partial charge is 0.324 e. The second-order valence-electron chi connectivity index (χ2n) is 5.55. The van der Waals surface area contributed by atoms with Crippen LogP contribution in [-0.4, -0.2) is 10.9 Å². The smallest absolute Gasteiger partial charge is 0.251 e. The molecule has 0 saturated heterocycles. The van der Waals surface area contributed by atoms with Crippen molar-refractivity contribution in [1.29, 1.82) is 0 Å². The zero-order valence-corrected chi connectivity index (χ0v) is 14.3. The van der Waals surface area contributed by atoms with Crippen molar-refractivity contribution in [3.8, 4) is 0 Å². The quantitative estimate of drug-likeness (QED) is 0.730. The fourth-order valence-electron chi connectivity index (χ4n) is 2.45. The molecule has 1 heterocycles. The normalized spacial score (nSPS) is 10.8. The van der Waals surface area contributed by atoms with Gasteiger partial charge in [0, 0.05) is 16.1 Å². The van der Waals surface area contributed by atoms with E-state index in [-0.39, 0.29) is 17.9 Å². The molecular weight excluding hydrogens is 347 g/mol. The van der Waals surface area contributed by atoms with Crippen LogP contribution in [0, 0.1) is 6.92 Å². The van der Waals surface area contributed by atoms with Gasteiger partial charge in [-0.25, -0.2) is 0 Å². The van der Waals surface area contributed by atoms with Crippen LogP contribution in [0.1, 0.15) is 11.1 Å². The van der Waals surface area contributed by atoms with E-state index in [1.165, 1.54) is 0 Å². The number of aryl methyl sites for hydroxylation is 1. The van der Waals surface area contributed by atoms with Crippen molar-refractivity contribution in [1.82, 2.24) is 4.98 Å². The highest BCUT2D eigenvalue weighted by Crippen LogP contribution is 2.25. The Labute approximate surface area is 148 Å². The first-order valence-electron chi connectivity index (χ1n) is 7.30. The highest BCUT2D eigenvalue weighted by Gasteiger charge is 2.08. The van der Waals surface area contributed by atoms with E-state index in [0.29, 0.717) is 21.3 Å². The zero-order chi connectivity index (χ0) is 17.3. The van der Waals surface area contributed by atoms with E-state index < -0.39 is 0 Å². The molecule has 24 heavy (non-hydrogen) atoms. The Morgan fingerprint density at radius 1 is 1.12 bits per heavy atom. The van der Waals surface area contributed by atoms with E-state index >= 15 is 0 Å². The van der Waals surface area contributed by atoms with Gasteiger partial charge < -0.3 is 10.3 Å². The molecule has 1 aromatic heterocycles. The lowest BCUT2D eigenvalue weighted by atomic mass is 10.1. The van der Waals surface area contributed by atoms with E-state index in [1.54, 1.807) is 31.2 Å². The van der Waals surface area contributed by atoms with Gasteiger partial charge in [0.2, 0.25) is 5.91 Å². The average molecular weight is 361 g/mol. The first-order valence-corrected chi connectivity index (χ1v) is 8.05. The Morgan fingerprint density at radius 2 is 1.92 bits per heavy atom. The number of anilines is 1. The second kappa shape index (κ2) is 6.67. The van der Waals surface area contributed by atoms with Crippen LogP contribution in [0.3, 0.4) is 0 Å². The minimum Gasteiger partial charge on any atom is -0.324 e. The van der Waals surface area contributed by atoms with Gasteiger partial charge in [-0.15, -0.1) is 0 Å². The number of carbonyl (C=O) groups excluding carboxylic acids is 1. The minimum atomic E-state index is -0.181. The summed E-state index contributed by atoms with van der Waals surface area (Å²) in [5.41, 5.74) is 2.64. The number of carbonyl (C=O) groups is 1. The maximum absolute atomic E-state index is 12.2. The van der Waals surface area contributed by atoms with Crippen molar-refractivity contribution in [2.24, 2.45) is 0 Å². The van der Waals surface area contributed by atoms with Gasteiger partial charge in [-0.2, -0.15) is 0 Å². The number of hydrogen-bond donors (Lipinski definition) is 2. The summed E-state index contributed by atoms with van der Waals surface area (Å²) in [5.74, 6) is -0.181. The number of fused-ring (bicyclic) bond motifs is 1. The molecule has 0 radical (unpaired) electrons. The topological polar surface area (TPSA) is 62.0 Å². The molecule has 0 aliphatic rings. The Bertz CT molecular complexity index is 996. The summed E-state index contributed by atoms with van der Waals surface area (Å²) in [7, 11) is 0. The van der Waals surface area contributed by atoms with Crippen LogP contribution < -0.4 is 10.9 Å². The van der Waals surface area contributed by atoms with Crippen LogP contribution in [0.5, 0.6) is 0 Å². The van der Waals surface area contributed by atoms with E-state index in [1.807, 2.05) is 18.2 Å². The molecule has 3 rings (SSSR count). The first kappa shape index (κ1) is 16.6. The first-order chi connectivity index (χ1) is 11.4. The lowest BCUT2D eigenvalue weighted by molar-refractivity contribution is -0.115. The highest BCUT2D eigenvalue weighted by atomic mass is 35.5. The highest BCUT2D eigenvalue weighted by molar-refractivity contribution is 6.36. The van der Waals surface area contributed by atoms with Gasteiger partial charge in [-0.05, 0) is 54.3 Å². The molecule has 0 fully saturated rings. The molecule has 0 spiro atoms. The third kappa shape index (κ3) is 3.61. The van der Waals surface area contributed by atoms with Crippen LogP contribution in [0.25, 0.3) is 10.9 Å². The van der Waals surface area contributed by atoms with Gasteiger partial charge in [-0.1, -0.05) is 29.3 Å². The Hall–Kier alpha value is -2.30. The Morgan fingerprint density at radius 3 is 2.67 bits per heavy atom. The standard InChI is InChI=1S/C18H14Cl2N2O2/c1-10-6-12-7-11(2-4-15(12)22-18(10)24)8-17(23)21-16-5-3-13(19)9-14(16)20/h2-7,9H,8H2,1H3,(H,21,23)(H,22,24). The summed E-state index contributed by atoms with van der Waals surface area (Å²) in [6, 6.07) is 12.2. The lowest BCUT2D eigenvalue weighted by Crippen LogP contribution is -2.15. The average Bonchev–Trinajstić information content (AvgIpc) is 2.51. The number of halogens is 2. The summed E-state index contributed by atoms with van der Waals surface area (Å²) < 4.78 is 0. The monoisotopic (exact) mass is 360 g/mol. The molecule has 0 atom stereocenters. The fraction of sp³-hybridized carbons (Fsp3) is 0.111. The van der Waals surface area contributed by atoms with E-state index in [0.717, 1.165) is 16.5 Å². The number of amides is 1. The summed E-state index contributed by atoms with van der Waals surface area (Å²) in [6.45, 7) is 1.75. The van der Waals surface area contributed by atoms with E-state index in [2.05, 4.69) is 10.3 Å². The molecule has 0 aliphatic carbocycles. The number of hydrogen-bond acceptors (Lipinski definition) is 2. The van der Waals surface area contributed by atoms with Crippen LogP contribution >= 0.6 is 23.2 Å². The van der Waals surface area contributed by atoms with Crippen molar-refractivity contribution >= 4 is 45.7 Å². The van der Waals surface area contributed by atoms with Crippen molar-refractivity contribution < 1.29 is 4.79 Å². The summed E-state index contributed by atoms with van der Waals surface area (Å²) in [5, 5.41) is 4.56. The zero-order valence-electron chi connectivity index (χ0n) is 12.8. The molecule has 122 valence electrons. The maximum atomic E-state index is 12.2. The number of aromatic nitrogens is 1. The number of pyridine rings is 1. The molecule has 1 amide bonds.